The molecule has 0 spiro atoms. The van der Waals surface area contributed by atoms with E-state index in [4.69, 9.17) is 5.84 Å². The van der Waals surface area contributed by atoms with Crippen molar-refractivity contribution < 1.29 is 0 Å². The highest BCUT2D eigenvalue weighted by atomic mass is 79.9. The van der Waals surface area contributed by atoms with Gasteiger partial charge in [0.2, 0.25) is 0 Å². The molecule has 5 nitrogen and oxygen atoms in total. The Bertz CT molecular complexity index is 588. The van der Waals surface area contributed by atoms with Crippen LogP contribution in [0.2, 0.25) is 0 Å². The van der Waals surface area contributed by atoms with E-state index in [0.717, 1.165) is 38.8 Å². The van der Waals surface area contributed by atoms with Gasteiger partial charge in [-0.25, -0.2) is 20.8 Å². The number of nitrogens with two attached hydrogens (primary N) is 1. The molecule has 7 heteroatoms. The smallest absolute Gasteiger partial charge is 0.147 e. The molecule has 0 fully saturated rings. The Morgan fingerprint density at radius 3 is 2.75 bits per heavy atom. The van der Waals surface area contributed by atoms with Gasteiger partial charge in [-0.1, -0.05) is 6.92 Å². The van der Waals surface area contributed by atoms with E-state index in [2.05, 4.69) is 43.2 Å². The van der Waals surface area contributed by atoms with Crippen molar-refractivity contribution in [1.29, 1.82) is 0 Å². The van der Waals surface area contributed by atoms with Crippen molar-refractivity contribution in [1.82, 2.24) is 15.0 Å². The summed E-state index contributed by atoms with van der Waals surface area (Å²) in [7, 11) is 0. The lowest BCUT2D eigenvalue weighted by atomic mass is 10.3. The van der Waals surface area contributed by atoms with Gasteiger partial charge in [-0.3, -0.25) is 0 Å². The van der Waals surface area contributed by atoms with Gasteiger partial charge in [-0.2, -0.15) is 0 Å². The molecule has 0 atom stereocenters. The SMILES string of the molecule is CCCc1nc(NN)c(C)c(Sc2ccc(Br)cn2)n1. The first-order chi connectivity index (χ1) is 9.63. The van der Waals surface area contributed by atoms with E-state index in [-0.39, 0.29) is 0 Å². The van der Waals surface area contributed by atoms with Gasteiger partial charge in [0, 0.05) is 22.7 Å². The largest absolute Gasteiger partial charge is 0.308 e. The molecule has 0 saturated heterocycles. The molecule has 0 bridgehead atoms. The second-order valence-electron chi connectivity index (χ2n) is 4.23. The maximum absolute atomic E-state index is 5.53. The molecule has 0 radical (unpaired) electrons. The topological polar surface area (TPSA) is 76.7 Å². The minimum Gasteiger partial charge on any atom is -0.308 e. The van der Waals surface area contributed by atoms with Crippen molar-refractivity contribution in [3.63, 3.8) is 0 Å². The zero-order valence-corrected chi connectivity index (χ0v) is 13.8. The Kier molecular flexibility index (Phi) is 5.33. The zero-order chi connectivity index (χ0) is 14.5. The summed E-state index contributed by atoms with van der Waals surface area (Å²) in [5.41, 5.74) is 3.57. The monoisotopic (exact) mass is 353 g/mol. The fraction of sp³-hybridized carbons (Fsp3) is 0.308. The molecule has 2 aromatic heterocycles. The van der Waals surface area contributed by atoms with E-state index >= 15 is 0 Å². The summed E-state index contributed by atoms with van der Waals surface area (Å²) in [5.74, 6) is 6.99. The molecule has 20 heavy (non-hydrogen) atoms. The highest BCUT2D eigenvalue weighted by Crippen LogP contribution is 2.30. The number of pyridine rings is 1. The van der Waals surface area contributed by atoms with Crippen molar-refractivity contribution in [2.24, 2.45) is 5.84 Å². The Morgan fingerprint density at radius 1 is 1.35 bits per heavy atom. The van der Waals surface area contributed by atoms with Crippen molar-refractivity contribution in [3.8, 4) is 0 Å². The number of nitrogens with one attached hydrogen (secondary N) is 1. The fourth-order valence-electron chi connectivity index (χ4n) is 1.64. The number of rotatable bonds is 5. The predicted molar refractivity (Wildman–Crippen MR) is 84.6 cm³/mol. The second kappa shape index (κ2) is 7.01. The number of hydrogen-bond donors (Lipinski definition) is 2. The average Bonchev–Trinajstić information content (AvgIpc) is 2.45. The number of hydrazine groups is 1. The van der Waals surface area contributed by atoms with Crippen LogP contribution in [0.3, 0.4) is 0 Å². The quantitative estimate of drug-likeness (QED) is 0.487. The molecule has 0 aromatic carbocycles. The Balaban J connectivity index is 2.33. The first-order valence-corrected chi connectivity index (χ1v) is 7.88. The highest BCUT2D eigenvalue weighted by Gasteiger charge is 2.12. The molecule has 106 valence electrons. The van der Waals surface area contributed by atoms with Crippen molar-refractivity contribution >= 4 is 33.5 Å². The molecule has 0 aliphatic heterocycles. The first kappa shape index (κ1) is 15.2. The first-order valence-electron chi connectivity index (χ1n) is 6.27. The van der Waals surface area contributed by atoms with Gasteiger partial charge in [0.05, 0.1) is 0 Å². The van der Waals surface area contributed by atoms with Crippen molar-refractivity contribution in [3.05, 3.63) is 34.2 Å². The van der Waals surface area contributed by atoms with Gasteiger partial charge in [-0.15, -0.1) is 0 Å². The Labute approximate surface area is 130 Å². The summed E-state index contributed by atoms with van der Waals surface area (Å²) in [4.78, 5) is 13.4. The van der Waals surface area contributed by atoms with E-state index in [0.29, 0.717) is 5.82 Å². The van der Waals surface area contributed by atoms with E-state index < -0.39 is 0 Å². The lowest BCUT2D eigenvalue weighted by molar-refractivity contribution is 0.802. The zero-order valence-electron chi connectivity index (χ0n) is 11.4. The lowest BCUT2D eigenvalue weighted by Gasteiger charge is -2.11. The minimum absolute atomic E-state index is 0.670. The van der Waals surface area contributed by atoms with Crippen LogP contribution in [-0.2, 0) is 6.42 Å². The summed E-state index contributed by atoms with van der Waals surface area (Å²) < 4.78 is 0.956. The molecule has 2 rings (SSSR count). The third-order valence-electron chi connectivity index (χ3n) is 2.66. The number of aryl methyl sites for hydroxylation is 1. The molecule has 0 amide bonds. The summed E-state index contributed by atoms with van der Waals surface area (Å²) >= 11 is 4.89. The maximum atomic E-state index is 5.53. The summed E-state index contributed by atoms with van der Waals surface area (Å²) in [5, 5.41) is 1.77. The van der Waals surface area contributed by atoms with E-state index in [1.54, 1.807) is 6.20 Å². The normalized spacial score (nSPS) is 10.6. The molecular weight excluding hydrogens is 338 g/mol. The second-order valence-corrected chi connectivity index (χ2v) is 6.15. The van der Waals surface area contributed by atoms with E-state index in [9.17, 15) is 0 Å². The number of hydrogen-bond acceptors (Lipinski definition) is 6. The third-order valence-corrected chi connectivity index (χ3v) is 4.17. The Morgan fingerprint density at radius 2 is 2.15 bits per heavy atom. The molecule has 3 N–H and O–H groups in total. The lowest BCUT2D eigenvalue weighted by Crippen LogP contribution is -2.13. The molecule has 0 aliphatic rings. The molecule has 2 aromatic rings. The van der Waals surface area contributed by atoms with Crippen LogP contribution in [0.4, 0.5) is 5.82 Å². The molecular formula is C13H16BrN5S. The summed E-state index contributed by atoms with van der Waals surface area (Å²) in [6, 6.07) is 3.91. The average molecular weight is 354 g/mol. The predicted octanol–water partition coefficient (Wildman–Crippen LogP) is 3.33. The van der Waals surface area contributed by atoms with Crippen LogP contribution in [0, 0.1) is 6.92 Å². The number of nitrogens with zero attached hydrogens (tertiary/aromatic N) is 3. The highest BCUT2D eigenvalue weighted by molar-refractivity contribution is 9.10. The molecule has 2 heterocycles. The van der Waals surface area contributed by atoms with Crippen LogP contribution >= 0.6 is 27.7 Å². The van der Waals surface area contributed by atoms with Gasteiger partial charge in [0.1, 0.15) is 21.7 Å². The van der Waals surface area contributed by atoms with Crippen LogP contribution < -0.4 is 11.3 Å². The van der Waals surface area contributed by atoms with Crippen LogP contribution in [0.1, 0.15) is 24.7 Å². The van der Waals surface area contributed by atoms with Crippen LogP contribution in [0.15, 0.2) is 32.9 Å². The van der Waals surface area contributed by atoms with Crippen LogP contribution in [-0.4, -0.2) is 15.0 Å². The number of halogens is 1. The Hall–Kier alpha value is -1.18. The minimum atomic E-state index is 0.670. The number of anilines is 1. The van der Waals surface area contributed by atoms with Crippen LogP contribution in [0.25, 0.3) is 0 Å². The van der Waals surface area contributed by atoms with E-state index in [1.807, 2.05) is 19.1 Å². The summed E-state index contributed by atoms with van der Waals surface area (Å²) in [6.07, 6.45) is 3.60. The van der Waals surface area contributed by atoms with E-state index in [1.165, 1.54) is 11.8 Å². The maximum Gasteiger partial charge on any atom is 0.147 e. The molecule has 0 unspecified atom stereocenters. The van der Waals surface area contributed by atoms with Gasteiger partial charge in [-0.05, 0) is 53.2 Å². The fourth-order valence-corrected chi connectivity index (χ4v) is 2.71. The number of aromatic nitrogens is 3. The number of nitrogen functional groups attached to an aromatic ring is 1. The van der Waals surface area contributed by atoms with Gasteiger partial charge < -0.3 is 5.43 Å². The molecule has 0 aliphatic carbocycles. The van der Waals surface area contributed by atoms with Gasteiger partial charge >= 0.3 is 0 Å². The van der Waals surface area contributed by atoms with Gasteiger partial charge in [0.15, 0.2) is 0 Å². The summed E-state index contributed by atoms with van der Waals surface area (Å²) in [6.45, 7) is 4.05. The third kappa shape index (κ3) is 3.68. The van der Waals surface area contributed by atoms with Crippen LogP contribution in [0.5, 0.6) is 0 Å². The van der Waals surface area contributed by atoms with Crippen molar-refractivity contribution in [2.45, 2.75) is 36.7 Å². The standard InChI is InChI=1S/C13H16BrN5S/c1-3-4-10-17-12(19-15)8(2)13(18-10)20-11-6-5-9(14)7-16-11/h5-7H,3-4,15H2,1-2H3,(H,17,18,19). The molecule has 0 saturated carbocycles. The van der Waals surface area contributed by atoms with Gasteiger partial charge in [0.25, 0.3) is 0 Å². The van der Waals surface area contributed by atoms with Crippen molar-refractivity contribution in [2.75, 3.05) is 5.43 Å².